The van der Waals surface area contributed by atoms with E-state index in [1.165, 1.54) is 12.8 Å². The normalized spacial score (nSPS) is 15.5. The Labute approximate surface area is 110 Å². The van der Waals surface area contributed by atoms with Crippen LogP contribution in [0.25, 0.3) is 0 Å². The van der Waals surface area contributed by atoms with E-state index in [0.717, 1.165) is 12.8 Å². The third-order valence-electron chi connectivity index (χ3n) is 3.68. The van der Waals surface area contributed by atoms with E-state index in [1.54, 1.807) is 0 Å². The second-order valence-corrected chi connectivity index (χ2v) is 11.2. The standard InChI is InChI=1S/C15H32OSi/c1-8-10-11-13-14(12-9-2)16-17(6,7)15(3,4)5/h10-11,14H,8-9,12-13H2,1-7H3/b11-10-/t14-/m1/s1. The van der Waals surface area contributed by atoms with Gasteiger partial charge in [0.2, 0.25) is 0 Å². The van der Waals surface area contributed by atoms with Crippen LogP contribution in [0, 0.1) is 0 Å². The van der Waals surface area contributed by atoms with Crippen LogP contribution in [0.3, 0.4) is 0 Å². The maximum Gasteiger partial charge on any atom is 0.192 e. The average molecular weight is 257 g/mol. The molecule has 0 rings (SSSR count). The summed E-state index contributed by atoms with van der Waals surface area (Å²) >= 11 is 0. The maximum absolute atomic E-state index is 6.48. The van der Waals surface area contributed by atoms with Crippen LogP contribution in [0.4, 0.5) is 0 Å². The molecule has 0 radical (unpaired) electrons. The SMILES string of the molecule is CC/C=C\C[C@@H](CCC)O[Si](C)(C)C(C)(C)C. The van der Waals surface area contributed by atoms with Crippen molar-refractivity contribution in [3.8, 4) is 0 Å². The molecule has 0 aromatic rings. The smallest absolute Gasteiger partial charge is 0.192 e. The van der Waals surface area contributed by atoms with E-state index in [0.29, 0.717) is 11.1 Å². The molecule has 0 unspecified atom stereocenters. The van der Waals surface area contributed by atoms with Gasteiger partial charge in [0.15, 0.2) is 8.32 Å². The van der Waals surface area contributed by atoms with Gasteiger partial charge in [-0.25, -0.2) is 0 Å². The van der Waals surface area contributed by atoms with E-state index in [4.69, 9.17) is 4.43 Å². The predicted octanol–water partition coefficient (Wildman–Crippen LogP) is 5.53. The molecule has 17 heavy (non-hydrogen) atoms. The van der Waals surface area contributed by atoms with Crippen LogP contribution in [0.5, 0.6) is 0 Å². The first-order chi connectivity index (χ1) is 7.74. The summed E-state index contributed by atoms with van der Waals surface area (Å²) in [7, 11) is -1.60. The summed E-state index contributed by atoms with van der Waals surface area (Å²) in [5.74, 6) is 0. The van der Waals surface area contributed by atoms with Crippen molar-refractivity contribution in [2.24, 2.45) is 0 Å². The van der Waals surface area contributed by atoms with Gasteiger partial charge in [0.1, 0.15) is 0 Å². The van der Waals surface area contributed by atoms with Gasteiger partial charge in [0.05, 0.1) is 0 Å². The van der Waals surface area contributed by atoms with Gasteiger partial charge in [-0.3, -0.25) is 0 Å². The minimum atomic E-state index is -1.60. The van der Waals surface area contributed by atoms with E-state index in [1.807, 2.05) is 0 Å². The van der Waals surface area contributed by atoms with Crippen molar-refractivity contribution in [1.29, 1.82) is 0 Å². The number of allylic oxidation sites excluding steroid dienone is 1. The zero-order valence-corrected chi connectivity index (χ0v) is 14.0. The second kappa shape index (κ2) is 7.37. The molecule has 0 saturated heterocycles. The largest absolute Gasteiger partial charge is 0.414 e. The number of hydrogen-bond donors (Lipinski definition) is 0. The maximum atomic E-state index is 6.48. The second-order valence-electron chi connectivity index (χ2n) is 6.40. The van der Waals surface area contributed by atoms with Crippen molar-refractivity contribution in [2.75, 3.05) is 0 Å². The first kappa shape index (κ1) is 16.9. The molecule has 0 spiro atoms. The van der Waals surface area contributed by atoms with Gasteiger partial charge in [-0.05, 0) is 37.4 Å². The Kier molecular flexibility index (Phi) is 7.34. The van der Waals surface area contributed by atoms with Gasteiger partial charge in [0.25, 0.3) is 0 Å². The van der Waals surface area contributed by atoms with Crippen LogP contribution in [-0.2, 0) is 4.43 Å². The highest BCUT2D eigenvalue weighted by atomic mass is 28.4. The molecule has 2 heteroatoms. The van der Waals surface area contributed by atoms with Crippen molar-refractivity contribution in [3.05, 3.63) is 12.2 Å². The van der Waals surface area contributed by atoms with Gasteiger partial charge in [-0.2, -0.15) is 0 Å². The van der Waals surface area contributed by atoms with Crippen molar-refractivity contribution in [3.63, 3.8) is 0 Å². The summed E-state index contributed by atoms with van der Waals surface area (Å²) in [5, 5.41) is 0.313. The lowest BCUT2D eigenvalue weighted by molar-refractivity contribution is 0.172. The summed E-state index contributed by atoms with van der Waals surface area (Å²) < 4.78 is 6.48. The Morgan fingerprint density at radius 2 is 1.71 bits per heavy atom. The van der Waals surface area contributed by atoms with Crippen LogP contribution < -0.4 is 0 Å². The van der Waals surface area contributed by atoms with E-state index in [9.17, 15) is 0 Å². The van der Waals surface area contributed by atoms with Gasteiger partial charge in [-0.1, -0.05) is 53.2 Å². The van der Waals surface area contributed by atoms with Crippen LogP contribution in [0.15, 0.2) is 12.2 Å². The number of rotatable bonds is 7. The predicted molar refractivity (Wildman–Crippen MR) is 81.0 cm³/mol. The topological polar surface area (TPSA) is 9.23 Å². The molecule has 0 aliphatic heterocycles. The summed E-state index contributed by atoms with van der Waals surface area (Å²) in [6, 6.07) is 0. The van der Waals surface area contributed by atoms with E-state index in [-0.39, 0.29) is 0 Å². The third kappa shape index (κ3) is 6.42. The monoisotopic (exact) mass is 256 g/mol. The molecule has 0 heterocycles. The van der Waals surface area contributed by atoms with E-state index < -0.39 is 8.32 Å². The Bertz CT molecular complexity index is 226. The van der Waals surface area contributed by atoms with Gasteiger partial charge >= 0.3 is 0 Å². The molecule has 0 aromatic heterocycles. The highest BCUT2D eigenvalue weighted by Gasteiger charge is 2.38. The lowest BCUT2D eigenvalue weighted by atomic mass is 10.1. The molecule has 0 N–H and O–H groups in total. The molecule has 0 fully saturated rings. The Morgan fingerprint density at radius 1 is 1.12 bits per heavy atom. The minimum Gasteiger partial charge on any atom is -0.414 e. The van der Waals surface area contributed by atoms with Crippen LogP contribution in [-0.4, -0.2) is 14.4 Å². The molecule has 0 aliphatic carbocycles. The van der Waals surface area contributed by atoms with Gasteiger partial charge in [-0.15, -0.1) is 0 Å². The van der Waals surface area contributed by atoms with E-state index >= 15 is 0 Å². The molecule has 1 atom stereocenters. The van der Waals surface area contributed by atoms with Crippen LogP contribution in [0.2, 0.25) is 18.1 Å². The first-order valence-electron chi connectivity index (χ1n) is 7.07. The first-order valence-corrected chi connectivity index (χ1v) is 9.98. The fourth-order valence-corrected chi connectivity index (χ4v) is 2.96. The molecule has 1 nitrogen and oxygen atoms in total. The molecule has 0 aliphatic rings. The Hall–Kier alpha value is -0.0831. The zero-order chi connectivity index (χ0) is 13.5. The van der Waals surface area contributed by atoms with Gasteiger partial charge in [0, 0.05) is 6.10 Å². The highest BCUT2D eigenvalue weighted by Crippen LogP contribution is 2.38. The zero-order valence-electron chi connectivity index (χ0n) is 13.0. The summed E-state index contributed by atoms with van der Waals surface area (Å²) in [6.07, 6.45) is 9.54. The minimum absolute atomic E-state index is 0.313. The van der Waals surface area contributed by atoms with Crippen molar-refractivity contribution in [2.45, 2.75) is 84.5 Å². The quantitative estimate of drug-likeness (QED) is 0.429. The molecule has 102 valence electrons. The van der Waals surface area contributed by atoms with Crippen molar-refractivity contribution < 1.29 is 4.43 Å². The summed E-state index contributed by atoms with van der Waals surface area (Å²) in [6.45, 7) is 16.0. The van der Waals surface area contributed by atoms with Crippen molar-refractivity contribution >= 4 is 8.32 Å². The lowest BCUT2D eigenvalue weighted by Crippen LogP contribution is -2.43. The van der Waals surface area contributed by atoms with Crippen LogP contribution >= 0.6 is 0 Å². The van der Waals surface area contributed by atoms with Gasteiger partial charge < -0.3 is 4.43 Å². The van der Waals surface area contributed by atoms with E-state index in [2.05, 4.69) is 59.9 Å². The fraction of sp³-hybridized carbons (Fsp3) is 0.867. The number of hydrogen-bond acceptors (Lipinski definition) is 1. The summed E-state index contributed by atoms with van der Waals surface area (Å²) in [4.78, 5) is 0. The lowest BCUT2D eigenvalue weighted by Gasteiger charge is -2.39. The molecule has 0 amide bonds. The highest BCUT2D eigenvalue weighted by molar-refractivity contribution is 6.74. The van der Waals surface area contributed by atoms with Crippen molar-refractivity contribution in [1.82, 2.24) is 0 Å². The molecule has 0 bridgehead atoms. The molecule has 0 aromatic carbocycles. The summed E-state index contributed by atoms with van der Waals surface area (Å²) in [5.41, 5.74) is 0. The molecular weight excluding hydrogens is 224 g/mol. The fourth-order valence-electron chi connectivity index (χ4n) is 1.55. The molecule has 0 saturated carbocycles. The molecular formula is C15H32OSi. The Morgan fingerprint density at radius 3 is 2.12 bits per heavy atom. The van der Waals surface area contributed by atoms with Crippen LogP contribution in [0.1, 0.15) is 60.3 Å². The third-order valence-corrected chi connectivity index (χ3v) is 8.21. The Balaban J connectivity index is 4.47. The average Bonchev–Trinajstić information content (AvgIpc) is 2.16.